The van der Waals surface area contributed by atoms with Crippen molar-refractivity contribution in [3.63, 3.8) is 0 Å². The van der Waals surface area contributed by atoms with E-state index in [-0.39, 0.29) is 18.1 Å². The van der Waals surface area contributed by atoms with E-state index >= 15 is 0 Å². The summed E-state index contributed by atoms with van der Waals surface area (Å²) in [6.07, 6.45) is 0.322. The van der Waals surface area contributed by atoms with E-state index in [0.717, 1.165) is 27.1 Å². The number of thiophene rings is 1. The zero-order valence-corrected chi connectivity index (χ0v) is 27.3. The molecule has 0 aliphatic carbocycles. The van der Waals surface area contributed by atoms with Crippen LogP contribution in [-0.4, -0.2) is 81.1 Å². The average molecular weight is 632 g/mol. The highest BCUT2D eigenvalue weighted by Crippen LogP contribution is 2.46. The van der Waals surface area contributed by atoms with Gasteiger partial charge >= 0.3 is 12.2 Å². The minimum absolute atomic E-state index is 0.262. The number of fused-ring (bicyclic) bond motifs is 3. The van der Waals surface area contributed by atoms with Crippen LogP contribution in [0.2, 0.25) is 0 Å². The molecule has 8 nitrogen and oxygen atoms in total. The minimum atomic E-state index is -3.33. The van der Waals surface area contributed by atoms with E-state index in [2.05, 4.69) is 0 Å². The number of para-hydroxylation sites is 1. The third-order valence-electron chi connectivity index (χ3n) is 7.95. The quantitative estimate of drug-likeness (QED) is 0.320. The third kappa shape index (κ3) is 6.79. The molecule has 44 heavy (non-hydrogen) atoms. The van der Waals surface area contributed by atoms with Crippen molar-refractivity contribution in [2.24, 2.45) is 5.92 Å². The SMILES string of the molecule is C[C@@H]1Cc2c(n(C(=O)OC(C)(C)C)c3ccccc23)[C@@H](c2ccc(CC3CN(C(=O)OC(C)(C)C)C3)s2)N1CC(F)(F)CO. The maximum atomic E-state index is 14.9. The van der Waals surface area contributed by atoms with Crippen LogP contribution >= 0.6 is 11.3 Å². The third-order valence-corrected chi connectivity index (χ3v) is 9.11. The second-order valence-electron chi connectivity index (χ2n) is 14.1. The van der Waals surface area contributed by atoms with E-state index in [0.29, 0.717) is 30.7 Å². The van der Waals surface area contributed by atoms with Crippen LogP contribution in [0.25, 0.3) is 10.9 Å². The van der Waals surface area contributed by atoms with Crippen LogP contribution < -0.4 is 0 Å². The van der Waals surface area contributed by atoms with Crippen LogP contribution in [0, 0.1) is 5.92 Å². The first kappa shape index (κ1) is 32.4. The van der Waals surface area contributed by atoms with Gasteiger partial charge in [0.2, 0.25) is 0 Å². The summed E-state index contributed by atoms with van der Waals surface area (Å²) in [5.41, 5.74) is 0.923. The molecular weight excluding hydrogens is 588 g/mol. The van der Waals surface area contributed by atoms with E-state index < -0.39 is 42.4 Å². The Balaban J connectivity index is 1.52. The number of aliphatic hydroxyl groups is 1. The molecule has 1 N–H and O–H groups in total. The molecule has 0 bridgehead atoms. The molecule has 3 aromatic rings. The van der Waals surface area contributed by atoms with Gasteiger partial charge in [0, 0.05) is 34.3 Å². The number of carbonyl (C=O) groups is 2. The molecule has 240 valence electrons. The molecule has 0 saturated carbocycles. The molecular formula is C33H43F2N3O5S. The van der Waals surface area contributed by atoms with Crippen molar-refractivity contribution in [2.45, 2.75) is 90.5 Å². The number of rotatable bonds is 6. The highest BCUT2D eigenvalue weighted by Gasteiger charge is 2.44. The smallest absolute Gasteiger partial charge is 0.419 e. The van der Waals surface area contributed by atoms with E-state index in [1.165, 1.54) is 11.3 Å². The van der Waals surface area contributed by atoms with Gasteiger partial charge in [0.1, 0.15) is 17.8 Å². The Labute approximate surface area is 261 Å². The van der Waals surface area contributed by atoms with Crippen LogP contribution in [0.1, 0.15) is 75.5 Å². The maximum Gasteiger partial charge on any atom is 0.419 e. The Morgan fingerprint density at radius 2 is 1.61 bits per heavy atom. The van der Waals surface area contributed by atoms with Gasteiger partial charge < -0.3 is 19.5 Å². The molecule has 0 spiro atoms. The van der Waals surface area contributed by atoms with Crippen LogP contribution in [0.4, 0.5) is 18.4 Å². The summed E-state index contributed by atoms with van der Waals surface area (Å²) in [6.45, 7) is 12.1. The molecule has 2 aliphatic rings. The van der Waals surface area contributed by atoms with Gasteiger partial charge in [0.15, 0.2) is 0 Å². The molecule has 1 aromatic carbocycles. The van der Waals surface area contributed by atoms with Gasteiger partial charge in [0.25, 0.3) is 5.92 Å². The number of ether oxygens (including phenoxy) is 2. The zero-order valence-electron chi connectivity index (χ0n) is 26.5. The second-order valence-corrected chi connectivity index (χ2v) is 15.3. The Kier molecular flexibility index (Phi) is 8.63. The van der Waals surface area contributed by atoms with E-state index in [9.17, 15) is 23.5 Å². The van der Waals surface area contributed by atoms with E-state index in [1.807, 2.05) is 64.1 Å². The molecule has 4 heterocycles. The van der Waals surface area contributed by atoms with Crippen LogP contribution in [0.5, 0.6) is 0 Å². The molecule has 11 heteroatoms. The van der Waals surface area contributed by atoms with E-state index in [1.54, 1.807) is 35.1 Å². The molecule has 2 aromatic heterocycles. The number of nitrogens with zero attached hydrogens (tertiary/aromatic N) is 3. The lowest BCUT2D eigenvalue weighted by atomic mass is 9.91. The van der Waals surface area contributed by atoms with Crippen molar-refractivity contribution in [1.29, 1.82) is 0 Å². The molecule has 2 aliphatic heterocycles. The summed E-state index contributed by atoms with van der Waals surface area (Å²) < 4.78 is 42.6. The Morgan fingerprint density at radius 1 is 0.977 bits per heavy atom. The standard InChI is InChI=1S/C33H43F2N3O5S/c1-20-14-24-23-10-8-9-11-25(23)38(30(41)43-32(5,6)7)27(24)28(37(20)18-33(34,35)19-39)26-13-12-22(44-26)15-21-16-36(17-21)29(40)42-31(2,3)4/h8-13,20-21,28,39H,14-19H2,1-7H3/t20-,28-/m1/s1. The van der Waals surface area contributed by atoms with Crippen molar-refractivity contribution in [3.05, 3.63) is 57.4 Å². The predicted octanol–water partition coefficient (Wildman–Crippen LogP) is 6.86. The lowest BCUT2D eigenvalue weighted by Gasteiger charge is -2.42. The number of aromatic nitrogens is 1. The van der Waals surface area contributed by atoms with Crippen LogP contribution in [0.3, 0.4) is 0 Å². The molecule has 0 radical (unpaired) electrons. The van der Waals surface area contributed by atoms with Crippen molar-refractivity contribution in [2.75, 3.05) is 26.2 Å². The molecule has 1 saturated heterocycles. The first-order valence-electron chi connectivity index (χ1n) is 15.1. The molecule has 1 fully saturated rings. The number of hydrogen-bond acceptors (Lipinski definition) is 7. The summed E-state index contributed by atoms with van der Waals surface area (Å²) in [5.74, 6) is -3.07. The monoisotopic (exact) mass is 631 g/mol. The summed E-state index contributed by atoms with van der Waals surface area (Å²) in [4.78, 5) is 31.5. The summed E-state index contributed by atoms with van der Waals surface area (Å²) in [5, 5.41) is 10.4. The van der Waals surface area contributed by atoms with E-state index in [4.69, 9.17) is 9.47 Å². The lowest BCUT2D eigenvalue weighted by molar-refractivity contribution is -0.0864. The summed E-state index contributed by atoms with van der Waals surface area (Å²) in [7, 11) is 0. The van der Waals surface area contributed by atoms with Crippen molar-refractivity contribution in [1.82, 2.24) is 14.4 Å². The summed E-state index contributed by atoms with van der Waals surface area (Å²) >= 11 is 1.53. The van der Waals surface area contributed by atoms with Gasteiger partial charge in [-0.15, -0.1) is 11.3 Å². The number of benzene rings is 1. The number of halogens is 2. The fourth-order valence-electron chi connectivity index (χ4n) is 6.13. The predicted molar refractivity (Wildman–Crippen MR) is 167 cm³/mol. The number of carbonyl (C=O) groups excluding carboxylic acids is 2. The van der Waals surface area contributed by atoms with Gasteiger partial charge in [-0.05, 0) is 91.0 Å². The van der Waals surface area contributed by atoms with Gasteiger partial charge in [-0.25, -0.2) is 22.9 Å². The minimum Gasteiger partial charge on any atom is -0.444 e. The fraction of sp³-hybridized carbons (Fsp3) is 0.576. The highest BCUT2D eigenvalue weighted by molar-refractivity contribution is 7.12. The molecule has 0 unspecified atom stereocenters. The van der Waals surface area contributed by atoms with Crippen molar-refractivity contribution < 1.29 is 33.0 Å². The second kappa shape index (κ2) is 11.7. The molecule has 1 amide bonds. The first-order valence-corrected chi connectivity index (χ1v) is 15.9. The number of alkyl halides is 2. The van der Waals surface area contributed by atoms with Crippen LogP contribution in [0.15, 0.2) is 36.4 Å². The largest absolute Gasteiger partial charge is 0.444 e. The normalized spacial score (nSPS) is 20.0. The maximum absolute atomic E-state index is 14.9. The van der Waals surface area contributed by atoms with Gasteiger partial charge in [0.05, 0.1) is 23.8 Å². The fourth-order valence-corrected chi connectivity index (χ4v) is 7.38. The van der Waals surface area contributed by atoms with Crippen molar-refractivity contribution in [3.8, 4) is 0 Å². The number of amides is 1. The Morgan fingerprint density at radius 3 is 2.25 bits per heavy atom. The number of likely N-dealkylation sites (tertiary alicyclic amines) is 1. The van der Waals surface area contributed by atoms with Gasteiger partial charge in [-0.2, -0.15) is 0 Å². The first-order chi connectivity index (χ1) is 20.5. The number of aliphatic hydroxyl groups excluding tert-OH is 1. The van der Waals surface area contributed by atoms with Crippen molar-refractivity contribution >= 4 is 34.4 Å². The van der Waals surface area contributed by atoms with Gasteiger partial charge in [-0.3, -0.25) is 4.90 Å². The molecule has 2 atom stereocenters. The van der Waals surface area contributed by atoms with Crippen LogP contribution in [-0.2, 0) is 22.3 Å². The average Bonchev–Trinajstić information content (AvgIpc) is 3.46. The topological polar surface area (TPSA) is 84.2 Å². The highest BCUT2D eigenvalue weighted by atomic mass is 32.1. The van der Waals surface area contributed by atoms with Gasteiger partial charge in [-0.1, -0.05) is 18.2 Å². The number of hydrogen-bond donors (Lipinski definition) is 1. The Hall–Kier alpha value is -3.02. The summed E-state index contributed by atoms with van der Waals surface area (Å²) in [6, 6.07) is 10.6. The Bertz CT molecular complexity index is 1530. The lowest BCUT2D eigenvalue weighted by Crippen LogP contribution is -2.52. The molecule has 5 rings (SSSR count). The zero-order chi connectivity index (χ0) is 32.2.